The van der Waals surface area contributed by atoms with Gasteiger partial charge in [-0.25, -0.2) is 9.97 Å². The monoisotopic (exact) mass is 378 g/mol. The molecule has 1 aliphatic rings. The summed E-state index contributed by atoms with van der Waals surface area (Å²) in [6.45, 7) is 3.71. The van der Waals surface area contributed by atoms with E-state index in [1.54, 1.807) is 17.5 Å². The molecule has 4 rings (SSSR count). The molecular formula is C21H22N4OS. The number of ether oxygens (including phenoxy) is 1. The van der Waals surface area contributed by atoms with E-state index in [1.165, 1.54) is 5.57 Å². The fourth-order valence-electron chi connectivity index (χ4n) is 3.14. The molecule has 0 spiro atoms. The number of pyridine rings is 2. The summed E-state index contributed by atoms with van der Waals surface area (Å²) < 4.78 is 5.82. The van der Waals surface area contributed by atoms with Gasteiger partial charge in [-0.05, 0) is 56.8 Å². The Morgan fingerprint density at radius 2 is 2.19 bits per heavy atom. The van der Waals surface area contributed by atoms with Crippen LogP contribution in [0.4, 0.5) is 0 Å². The van der Waals surface area contributed by atoms with Crippen LogP contribution in [0.2, 0.25) is 0 Å². The van der Waals surface area contributed by atoms with Gasteiger partial charge in [0.15, 0.2) is 0 Å². The molecule has 138 valence electrons. The molecule has 0 fully saturated rings. The minimum absolute atomic E-state index is 0.712. The molecule has 0 aliphatic carbocycles. The number of hydrogen-bond donors (Lipinski definition) is 1. The van der Waals surface area contributed by atoms with Crippen LogP contribution in [-0.4, -0.2) is 35.2 Å². The van der Waals surface area contributed by atoms with Crippen LogP contribution in [0.25, 0.3) is 26.7 Å². The maximum absolute atomic E-state index is 5.82. The number of rotatable bonds is 5. The third-order valence-corrected chi connectivity index (χ3v) is 5.74. The SMILES string of the molecule is CNCC/C=C1/CCOc2ccc(-c3sc(-c4cccnc4)nc3C)nc21. The largest absolute Gasteiger partial charge is 0.491 e. The van der Waals surface area contributed by atoms with Crippen LogP contribution in [0, 0.1) is 6.92 Å². The minimum atomic E-state index is 0.712. The van der Waals surface area contributed by atoms with Gasteiger partial charge in [0.05, 0.1) is 22.9 Å². The molecule has 3 aromatic heterocycles. The summed E-state index contributed by atoms with van der Waals surface area (Å²) in [4.78, 5) is 15.0. The van der Waals surface area contributed by atoms with Crippen molar-refractivity contribution in [2.45, 2.75) is 19.8 Å². The lowest BCUT2D eigenvalue weighted by Gasteiger charge is -2.20. The van der Waals surface area contributed by atoms with Gasteiger partial charge in [0, 0.05) is 24.4 Å². The average Bonchev–Trinajstić information content (AvgIpc) is 3.10. The lowest BCUT2D eigenvalue weighted by molar-refractivity contribution is 0.314. The van der Waals surface area contributed by atoms with E-state index in [2.05, 4.69) is 16.4 Å². The number of nitrogens with one attached hydrogen (secondary N) is 1. The van der Waals surface area contributed by atoms with E-state index in [0.29, 0.717) is 6.61 Å². The van der Waals surface area contributed by atoms with Crippen molar-refractivity contribution in [3.05, 3.63) is 54.1 Å². The van der Waals surface area contributed by atoms with Gasteiger partial charge in [0.1, 0.15) is 16.5 Å². The molecule has 1 N–H and O–H groups in total. The van der Waals surface area contributed by atoms with Crippen LogP contribution in [0.1, 0.15) is 24.2 Å². The molecule has 1 aliphatic heterocycles. The molecule has 6 heteroatoms. The number of aromatic nitrogens is 3. The zero-order chi connectivity index (χ0) is 18.6. The number of aryl methyl sites for hydroxylation is 1. The molecule has 0 bridgehead atoms. The Kier molecular flexibility index (Phi) is 5.27. The van der Waals surface area contributed by atoms with E-state index in [-0.39, 0.29) is 0 Å². The van der Waals surface area contributed by atoms with Crippen molar-refractivity contribution >= 4 is 16.9 Å². The predicted molar refractivity (Wildman–Crippen MR) is 110 cm³/mol. The van der Waals surface area contributed by atoms with Crippen molar-refractivity contribution in [2.75, 3.05) is 20.2 Å². The number of thiazole rings is 1. The second-order valence-corrected chi connectivity index (χ2v) is 7.44. The van der Waals surface area contributed by atoms with Gasteiger partial charge in [-0.2, -0.15) is 0 Å². The van der Waals surface area contributed by atoms with Crippen LogP contribution >= 0.6 is 11.3 Å². The highest BCUT2D eigenvalue weighted by atomic mass is 32.1. The van der Waals surface area contributed by atoms with Gasteiger partial charge in [0.25, 0.3) is 0 Å². The molecule has 5 nitrogen and oxygen atoms in total. The zero-order valence-electron chi connectivity index (χ0n) is 15.5. The third kappa shape index (κ3) is 3.77. The van der Waals surface area contributed by atoms with Crippen molar-refractivity contribution in [3.8, 4) is 26.9 Å². The molecule has 27 heavy (non-hydrogen) atoms. The van der Waals surface area contributed by atoms with Crippen molar-refractivity contribution in [3.63, 3.8) is 0 Å². The number of nitrogens with zero attached hydrogens (tertiary/aromatic N) is 3. The van der Waals surface area contributed by atoms with Crippen LogP contribution in [0.5, 0.6) is 5.75 Å². The first-order valence-corrected chi connectivity index (χ1v) is 9.94. The summed E-state index contributed by atoms with van der Waals surface area (Å²) in [6, 6.07) is 8.03. The molecule has 0 unspecified atom stereocenters. The Balaban J connectivity index is 1.71. The Hall–Kier alpha value is -2.57. The van der Waals surface area contributed by atoms with Gasteiger partial charge in [-0.15, -0.1) is 11.3 Å². The fraction of sp³-hybridized carbons (Fsp3) is 0.286. The quantitative estimate of drug-likeness (QED) is 0.669. The highest BCUT2D eigenvalue weighted by Crippen LogP contribution is 2.38. The molecule has 0 radical (unpaired) electrons. The second-order valence-electron chi connectivity index (χ2n) is 6.44. The smallest absolute Gasteiger partial charge is 0.145 e. The molecule has 4 heterocycles. The van der Waals surface area contributed by atoms with E-state index < -0.39 is 0 Å². The highest BCUT2D eigenvalue weighted by molar-refractivity contribution is 7.18. The van der Waals surface area contributed by atoms with E-state index in [0.717, 1.165) is 57.7 Å². The molecular weight excluding hydrogens is 356 g/mol. The predicted octanol–water partition coefficient (Wildman–Crippen LogP) is 4.35. The Labute approximate surface area is 163 Å². The normalized spacial score (nSPS) is 14.8. The van der Waals surface area contributed by atoms with Crippen LogP contribution in [-0.2, 0) is 0 Å². The zero-order valence-corrected chi connectivity index (χ0v) is 16.3. The Morgan fingerprint density at radius 1 is 1.26 bits per heavy atom. The summed E-state index contributed by atoms with van der Waals surface area (Å²) in [6.07, 6.45) is 7.78. The summed E-state index contributed by atoms with van der Waals surface area (Å²) in [5.74, 6) is 0.871. The number of fused-ring (bicyclic) bond motifs is 1. The first-order chi connectivity index (χ1) is 13.3. The standard InChI is InChI=1S/C21H22N4OS/c1-14-20(27-21(24-14)16-6-4-11-23-13-16)17-7-8-18-19(25-17)15(9-12-26-18)5-3-10-22-2/h4-8,11,13,22H,3,9-10,12H2,1-2H3/b15-5-. The minimum Gasteiger partial charge on any atom is -0.491 e. The van der Waals surface area contributed by atoms with Crippen molar-refractivity contribution in [1.29, 1.82) is 0 Å². The van der Waals surface area contributed by atoms with Crippen LogP contribution in [0.15, 0.2) is 42.7 Å². The van der Waals surface area contributed by atoms with Crippen LogP contribution < -0.4 is 10.1 Å². The van der Waals surface area contributed by atoms with Crippen molar-refractivity contribution in [1.82, 2.24) is 20.3 Å². The topological polar surface area (TPSA) is 59.9 Å². The van der Waals surface area contributed by atoms with E-state index in [1.807, 2.05) is 44.4 Å². The van der Waals surface area contributed by atoms with Gasteiger partial charge >= 0.3 is 0 Å². The molecule has 0 saturated heterocycles. The summed E-state index contributed by atoms with van der Waals surface area (Å²) >= 11 is 1.66. The first kappa shape index (κ1) is 17.8. The lowest BCUT2D eigenvalue weighted by atomic mass is 10.0. The second kappa shape index (κ2) is 7.98. The first-order valence-electron chi connectivity index (χ1n) is 9.12. The molecule has 0 amide bonds. The maximum atomic E-state index is 5.82. The average molecular weight is 379 g/mol. The van der Waals surface area contributed by atoms with Crippen molar-refractivity contribution < 1.29 is 4.74 Å². The van der Waals surface area contributed by atoms with Crippen LogP contribution in [0.3, 0.4) is 0 Å². The van der Waals surface area contributed by atoms with Gasteiger partial charge in [-0.3, -0.25) is 4.98 Å². The fourth-order valence-corrected chi connectivity index (χ4v) is 4.17. The number of hydrogen-bond acceptors (Lipinski definition) is 6. The highest BCUT2D eigenvalue weighted by Gasteiger charge is 2.20. The molecule has 3 aromatic rings. The van der Waals surface area contributed by atoms with Crippen molar-refractivity contribution in [2.24, 2.45) is 0 Å². The molecule has 0 saturated carbocycles. The molecule has 0 atom stereocenters. The van der Waals surface area contributed by atoms with E-state index >= 15 is 0 Å². The maximum Gasteiger partial charge on any atom is 0.145 e. The van der Waals surface area contributed by atoms with Gasteiger partial charge < -0.3 is 10.1 Å². The molecule has 0 aromatic carbocycles. The van der Waals surface area contributed by atoms with E-state index in [4.69, 9.17) is 14.7 Å². The van der Waals surface area contributed by atoms with Gasteiger partial charge in [0.2, 0.25) is 0 Å². The Morgan fingerprint density at radius 3 is 3.00 bits per heavy atom. The van der Waals surface area contributed by atoms with E-state index in [9.17, 15) is 0 Å². The third-order valence-electron chi connectivity index (χ3n) is 4.51. The Bertz CT molecular complexity index is 966. The summed E-state index contributed by atoms with van der Waals surface area (Å²) in [5.41, 5.74) is 5.20. The lowest BCUT2D eigenvalue weighted by Crippen LogP contribution is -2.11. The summed E-state index contributed by atoms with van der Waals surface area (Å²) in [7, 11) is 1.97. The van der Waals surface area contributed by atoms with Gasteiger partial charge in [-0.1, -0.05) is 6.08 Å². The summed E-state index contributed by atoms with van der Waals surface area (Å²) in [5, 5.41) is 4.15.